The molecule has 0 amide bonds. The third-order valence-corrected chi connectivity index (χ3v) is 4.06. The fourth-order valence-electron chi connectivity index (χ4n) is 2.67. The first kappa shape index (κ1) is 19.3. The van der Waals surface area contributed by atoms with E-state index in [1.807, 2.05) is 43.3 Å². The monoisotopic (exact) mass is 352 g/mol. The van der Waals surface area contributed by atoms with Crippen molar-refractivity contribution in [2.75, 3.05) is 14.2 Å². The summed E-state index contributed by atoms with van der Waals surface area (Å²) < 4.78 is 10.3. The highest BCUT2D eigenvalue weighted by molar-refractivity contribution is 5.98. The Labute approximate surface area is 154 Å². The third kappa shape index (κ3) is 4.54. The molecule has 0 unspecified atom stereocenters. The average Bonchev–Trinajstić information content (AvgIpc) is 2.65. The van der Waals surface area contributed by atoms with Crippen LogP contribution in [0.2, 0.25) is 0 Å². The lowest BCUT2D eigenvalue weighted by atomic mass is 9.96. The number of hydrogen-bond donors (Lipinski definition) is 1. The van der Waals surface area contributed by atoms with E-state index in [1.54, 1.807) is 19.3 Å². The van der Waals surface area contributed by atoms with Crippen LogP contribution in [0.5, 0.6) is 11.5 Å². The maximum Gasteiger partial charge on any atom is 0.342 e. The lowest BCUT2D eigenvalue weighted by Crippen LogP contribution is -2.07. The van der Waals surface area contributed by atoms with Gasteiger partial charge in [-0.1, -0.05) is 48.1 Å². The Morgan fingerprint density at radius 3 is 2.46 bits per heavy atom. The number of benzene rings is 2. The van der Waals surface area contributed by atoms with Gasteiger partial charge in [-0.25, -0.2) is 4.79 Å². The quantitative estimate of drug-likeness (QED) is 0.439. The zero-order valence-corrected chi connectivity index (χ0v) is 15.4. The van der Waals surface area contributed by atoms with Gasteiger partial charge in [0.15, 0.2) is 0 Å². The van der Waals surface area contributed by atoms with Gasteiger partial charge in [-0.15, -0.1) is 6.58 Å². The number of carbonyl (C=O) groups excluding carboxylic acids is 1. The van der Waals surface area contributed by atoms with Gasteiger partial charge in [-0.05, 0) is 37.0 Å². The number of esters is 1. The number of rotatable bonds is 7. The minimum Gasteiger partial charge on any atom is -0.507 e. The summed E-state index contributed by atoms with van der Waals surface area (Å²) in [5.74, 6) is -0.163. The lowest BCUT2D eigenvalue weighted by molar-refractivity contribution is 0.0597. The molecule has 0 spiro atoms. The van der Waals surface area contributed by atoms with Crippen molar-refractivity contribution in [3.63, 3.8) is 0 Å². The Balaban J connectivity index is 2.55. The second-order valence-corrected chi connectivity index (χ2v) is 6.06. The molecule has 136 valence electrons. The summed E-state index contributed by atoms with van der Waals surface area (Å²) in [6, 6.07) is 11.4. The van der Waals surface area contributed by atoms with Crippen LogP contribution in [-0.4, -0.2) is 25.3 Å². The highest BCUT2D eigenvalue weighted by Gasteiger charge is 2.22. The Kier molecular flexibility index (Phi) is 6.61. The van der Waals surface area contributed by atoms with E-state index in [0.717, 1.165) is 11.1 Å². The number of carbonyl (C=O) groups is 1. The van der Waals surface area contributed by atoms with Gasteiger partial charge in [0.2, 0.25) is 0 Å². The van der Waals surface area contributed by atoms with Crippen LogP contribution in [0.4, 0.5) is 0 Å². The largest absolute Gasteiger partial charge is 0.507 e. The van der Waals surface area contributed by atoms with Gasteiger partial charge < -0.3 is 14.6 Å². The second kappa shape index (κ2) is 8.90. The lowest BCUT2D eigenvalue weighted by Gasteiger charge is -2.16. The zero-order chi connectivity index (χ0) is 19.1. The maximum absolute atomic E-state index is 12.3. The summed E-state index contributed by atoms with van der Waals surface area (Å²) in [5, 5.41) is 10.7. The minimum absolute atomic E-state index is 0.106. The van der Waals surface area contributed by atoms with Crippen LogP contribution < -0.4 is 4.74 Å². The van der Waals surface area contributed by atoms with Crippen molar-refractivity contribution in [1.82, 2.24) is 0 Å². The molecule has 26 heavy (non-hydrogen) atoms. The molecule has 0 saturated heterocycles. The number of hydrogen-bond acceptors (Lipinski definition) is 4. The molecule has 0 aliphatic rings. The van der Waals surface area contributed by atoms with Crippen LogP contribution in [0.3, 0.4) is 0 Å². The number of phenolic OH excluding ortho intramolecular Hbond substituents is 1. The predicted octanol–water partition coefficient (Wildman–Crippen LogP) is 4.87. The van der Waals surface area contributed by atoms with Gasteiger partial charge in [0.1, 0.15) is 17.1 Å². The molecular weight excluding hydrogens is 328 g/mol. The summed E-state index contributed by atoms with van der Waals surface area (Å²) in [5.41, 5.74) is 3.21. The van der Waals surface area contributed by atoms with Gasteiger partial charge in [0.25, 0.3) is 0 Å². The van der Waals surface area contributed by atoms with Crippen LogP contribution in [-0.2, 0) is 11.2 Å². The van der Waals surface area contributed by atoms with E-state index in [1.165, 1.54) is 7.11 Å². The molecule has 0 radical (unpaired) electrons. The first-order valence-electron chi connectivity index (χ1n) is 8.36. The Bertz CT molecular complexity index is 820. The Hall–Kier alpha value is -3.01. The van der Waals surface area contributed by atoms with E-state index in [2.05, 4.69) is 6.58 Å². The molecule has 2 aromatic carbocycles. The fourth-order valence-corrected chi connectivity index (χ4v) is 2.67. The van der Waals surface area contributed by atoms with E-state index < -0.39 is 5.97 Å². The number of aromatic hydroxyl groups is 1. The molecule has 0 heterocycles. The van der Waals surface area contributed by atoms with Crippen molar-refractivity contribution in [2.24, 2.45) is 0 Å². The molecule has 2 rings (SSSR count). The molecule has 0 aliphatic carbocycles. The van der Waals surface area contributed by atoms with Crippen molar-refractivity contribution in [3.8, 4) is 11.5 Å². The predicted molar refractivity (Wildman–Crippen MR) is 105 cm³/mol. The van der Waals surface area contributed by atoms with Crippen molar-refractivity contribution in [3.05, 3.63) is 70.8 Å². The number of phenols is 1. The summed E-state index contributed by atoms with van der Waals surface area (Å²) in [4.78, 5) is 12.3. The molecule has 0 aliphatic heterocycles. The summed E-state index contributed by atoms with van der Waals surface area (Å²) >= 11 is 0. The van der Waals surface area contributed by atoms with Crippen LogP contribution in [0.25, 0.3) is 12.2 Å². The van der Waals surface area contributed by atoms with Crippen LogP contribution >= 0.6 is 0 Å². The van der Waals surface area contributed by atoms with E-state index in [4.69, 9.17) is 9.47 Å². The molecule has 2 aromatic rings. The van der Waals surface area contributed by atoms with Crippen molar-refractivity contribution in [1.29, 1.82) is 0 Å². The summed E-state index contributed by atoms with van der Waals surface area (Å²) in [7, 11) is 2.84. The van der Waals surface area contributed by atoms with Crippen LogP contribution in [0.1, 0.15) is 40.4 Å². The van der Waals surface area contributed by atoms with E-state index in [-0.39, 0.29) is 11.3 Å². The van der Waals surface area contributed by atoms with Crippen molar-refractivity contribution >= 4 is 18.1 Å². The Morgan fingerprint density at radius 2 is 1.88 bits per heavy atom. The summed E-state index contributed by atoms with van der Waals surface area (Å²) in [6.45, 7) is 5.80. The van der Waals surface area contributed by atoms with Gasteiger partial charge in [-0.3, -0.25) is 0 Å². The fraction of sp³-hybridized carbons (Fsp3) is 0.227. The van der Waals surface area contributed by atoms with Gasteiger partial charge in [0, 0.05) is 5.56 Å². The number of allylic oxidation sites excluding steroid dienone is 1. The average molecular weight is 352 g/mol. The molecule has 0 aromatic heterocycles. The summed E-state index contributed by atoms with van der Waals surface area (Å²) in [6.07, 6.45) is 4.85. The molecule has 0 saturated carbocycles. The smallest absolute Gasteiger partial charge is 0.342 e. The molecule has 0 fully saturated rings. The number of ether oxygens (including phenoxy) is 2. The van der Waals surface area contributed by atoms with Gasteiger partial charge in [-0.2, -0.15) is 0 Å². The van der Waals surface area contributed by atoms with Crippen molar-refractivity contribution in [2.45, 2.75) is 19.8 Å². The third-order valence-electron chi connectivity index (χ3n) is 4.06. The molecule has 4 heteroatoms. The van der Waals surface area contributed by atoms with Crippen molar-refractivity contribution < 1.29 is 19.4 Å². The van der Waals surface area contributed by atoms with E-state index in [9.17, 15) is 9.90 Å². The number of methoxy groups -OCH3 is 2. The standard InChI is InChI=1S/C22H24O4/c1-15(2)10-13-18-19(25-3)14-17(20(21(18)23)22(24)26-4)12-11-16-8-6-5-7-9-16/h5-9,11-12,14,23H,1,10,13H2,2-4H3. The first-order valence-corrected chi connectivity index (χ1v) is 8.36. The van der Waals surface area contributed by atoms with E-state index in [0.29, 0.717) is 29.7 Å². The topological polar surface area (TPSA) is 55.8 Å². The molecular formula is C22H24O4. The Morgan fingerprint density at radius 1 is 1.19 bits per heavy atom. The molecule has 1 N–H and O–H groups in total. The van der Waals surface area contributed by atoms with E-state index >= 15 is 0 Å². The highest BCUT2D eigenvalue weighted by atomic mass is 16.5. The second-order valence-electron chi connectivity index (χ2n) is 6.06. The highest BCUT2D eigenvalue weighted by Crippen LogP contribution is 2.37. The first-order chi connectivity index (χ1) is 12.5. The molecule has 0 bridgehead atoms. The van der Waals surface area contributed by atoms with Gasteiger partial charge >= 0.3 is 5.97 Å². The molecule has 4 nitrogen and oxygen atoms in total. The maximum atomic E-state index is 12.3. The molecule has 0 atom stereocenters. The van der Waals surface area contributed by atoms with Gasteiger partial charge in [0.05, 0.1) is 14.2 Å². The normalized spacial score (nSPS) is 10.7. The SMILES string of the molecule is C=C(C)CCc1c(OC)cc(C=Cc2ccccc2)c(C(=O)OC)c1O. The van der Waals surface area contributed by atoms with Crippen LogP contribution in [0.15, 0.2) is 48.6 Å². The van der Waals surface area contributed by atoms with Crippen LogP contribution in [0, 0.1) is 0 Å². The zero-order valence-electron chi connectivity index (χ0n) is 15.4. The minimum atomic E-state index is -0.588.